The number of carbonyl (C=O) groups excluding carboxylic acids is 2. The minimum atomic E-state index is -3.68. The molecule has 0 saturated carbocycles. The molecule has 38 heavy (non-hydrogen) atoms. The Bertz CT molecular complexity index is 1450. The summed E-state index contributed by atoms with van der Waals surface area (Å²) in [7, 11) is -0.833. The van der Waals surface area contributed by atoms with E-state index in [0.29, 0.717) is 17.9 Å². The first kappa shape index (κ1) is 27.0. The van der Waals surface area contributed by atoms with Gasteiger partial charge in [-0.25, -0.2) is 12.7 Å². The minimum Gasteiger partial charge on any atom is -0.507 e. The van der Waals surface area contributed by atoms with Gasteiger partial charge >= 0.3 is 0 Å². The van der Waals surface area contributed by atoms with Gasteiger partial charge in [0.05, 0.1) is 23.1 Å². The molecule has 1 unspecified atom stereocenters. The summed E-state index contributed by atoms with van der Waals surface area (Å²) in [6.07, 6.45) is 4.08. The number of ketones is 1. The predicted octanol–water partition coefficient (Wildman–Crippen LogP) is 3.74. The number of hydrogen-bond acceptors (Lipinski definition) is 7. The Morgan fingerprint density at radius 3 is 2.32 bits per heavy atom. The third-order valence-electron chi connectivity index (χ3n) is 6.19. The highest BCUT2D eigenvalue weighted by atomic mass is 32.2. The number of amides is 1. The molecular formula is C28H29N3O6S. The lowest BCUT2D eigenvalue weighted by molar-refractivity contribution is -0.140. The van der Waals surface area contributed by atoms with Gasteiger partial charge in [0.2, 0.25) is 10.0 Å². The molecule has 1 aliphatic rings. The van der Waals surface area contributed by atoms with E-state index in [0.717, 1.165) is 16.3 Å². The Hall–Kier alpha value is -4.02. The molecule has 4 rings (SSSR count). The monoisotopic (exact) mass is 535 g/mol. The molecule has 2 aromatic carbocycles. The fraction of sp³-hybridized carbons (Fsp3) is 0.250. The van der Waals surface area contributed by atoms with Crippen LogP contribution >= 0.6 is 0 Å². The van der Waals surface area contributed by atoms with E-state index >= 15 is 0 Å². The van der Waals surface area contributed by atoms with Gasteiger partial charge in [0.15, 0.2) is 0 Å². The maximum atomic E-state index is 13.3. The van der Waals surface area contributed by atoms with Gasteiger partial charge in [-0.05, 0) is 60.0 Å². The molecule has 0 spiro atoms. The van der Waals surface area contributed by atoms with Crippen LogP contribution in [0.5, 0.6) is 5.75 Å². The van der Waals surface area contributed by atoms with Crippen LogP contribution in [0.4, 0.5) is 0 Å². The van der Waals surface area contributed by atoms with Crippen LogP contribution in [0.25, 0.3) is 5.76 Å². The van der Waals surface area contributed by atoms with Crippen LogP contribution in [0.2, 0.25) is 0 Å². The largest absolute Gasteiger partial charge is 0.507 e. The van der Waals surface area contributed by atoms with Gasteiger partial charge < -0.3 is 14.7 Å². The van der Waals surface area contributed by atoms with E-state index in [2.05, 4.69) is 4.98 Å². The van der Waals surface area contributed by atoms with Gasteiger partial charge in [-0.2, -0.15) is 0 Å². The summed E-state index contributed by atoms with van der Waals surface area (Å²) in [6, 6.07) is 15.2. The summed E-state index contributed by atoms with van der Waals surface area (Å²) in [6.45, 7) is 2.66. The second kappa shape index (κ2) is 11.2. The van der Waals surface area contributed by atoms with Crippen LogP contribution in [0, 0.1) is 0 Å². The lowest BCUT2D eigenvalue weighted by atomic mass is 9.95. The van der Waals surface area contributed by atoms with Gasteiger partial charge in [0.1, 0.15) is 11.5 Å². The number of nitrogens with zero attached hydrogens (tertiary/aromatic N) is 3. The SMILES string of the molecule is CCCOc1ccc(C2/C(=C(/O)c3ccc(S(=O)(=O)N(C)C)cc3)C(=O)C(=O)N2Cc2cccnc2)cc1. The number of sulfonamides is 1. The van der Waals surface area contributed by atoms with Crippen molar-refractivity contribution >= 4 is 27.5 Å². The molecule has 1 fully saturated rings. The van der Waals surface area contributed by atoms with Gasteiger partial charge in [0, 0.05) is 38.6 Å². The number of Topliss-reactive ketones (excluding diaryl/α,β-unsaturated/α-hetero) is 1. The maximum Gasteiger partial charge on any atom is 0.295 e. The van der Waals surface area contributed by atoms with E-state index in [9.17, 15) is 23.1 Å². The summed E-state index contributed by atoms with van der Waals surface area (Å²) in [5.74, 6) is -1.31. The highest BCUT2D eigenvalue weighted by Gasteiger charge is 2.46. The van der Waals surface area contributed by atoms with Crippen molar-refractivity contribution in [3.8, 4) is 5.75 Å². The third kappa shape index (κ3) is 5.32. The smallest absolute Gasteiger partial charge is 0.295 e. The van der Waals surface area contributed by atoms with Crippen LogP contribution in [0.15, 0.2) is 83.5 Å². The average Bonchev–Trinajstić information content (AvgIpc) is 3.17. The van der Waals surface area contributed by atoms with Crippen LogP contribution in [0.1, 0.15) is 36.1 Å². The zero-order valence-electron chi connectivity index (χ0n) is 21.4. The average molecular weight is 536 g/mol. The van der Waals surface area contributed by atoms with E-state index in [1.165, 1.54) is 43.3 Å². The summed E-state index contributed by atoms with van der Waals surface area (Å²) >= 11 is 0. The second-order valence-electron chi connectivity index (χ2n) is 9.02. The summed E-state index contributed by atoms with van der Waals surface area (Å²) in [4.78, 5) is 32.0. The molecule has 1 N–H and O–H groups in total. The zero-order valence-corrected chi connectivity index (χ0v) is 22.2. The fourth-order valence-corrected chi connectivity index (χ4v) is 5.10. The number of ether oxygens (including phenoxy) is 1. The third-order valence-corrected chi connectivity index (χ3v) is 8.02. The van der Waals surface area contributed by atoms with Crippen molar-refractivity contribution < 1.29 is 27.9 Å². The standard InChI is InChI=1S/C28H29N3O6S/c1-4-16-37-22-11-7-20(8-12-22)25-24(27(33)28(34)31(25)18-19-6-5-15-29-17-19)26(32)21-9-13-23(14-10-21)38(35,36)30(2)3/h5-15,17,25,32H,4,16,18H2,1-3H3/b26-24-. The van der Waals surface area contributed by atoms with Crippen molar-refractivity contribution in [2.24, 2.45) is 0 Å². The number of aliphatic hydroxyl groups excluding tert-OH is 1. The molecule has 1 amide bonds. The molecule has 1 aromatic heterocycles. The number of pyridine rings is 1. The first-order valence-electron chi connectivity index (χ1n) is 12.1. The van der Waals surface area contributed by atoms with E-state index in [4.69, 9.17) is 4.74 Å². The second-order valence-corrected chi connectivity index (χ2v) is 11.2. The van der Waals surface area contributed by atoms with Crippen molar-refractivity contribution in [1.29, 1.82) is 0 Å². The number of benzene rings is 2. The highest BCUT2D eigenvalue weighted by Crippen LogP contribution is 2.40. The summed E-state index contributed by atoms with van der Waals surface area (Å²) in [5, 5.41) is 11.3. The first-order chi connectivity index (χ1) is 18.1. The number of aliphatic hydroxyl groups is 1. The minimum absolute atomic E-state index is 0.0373. The van der Waals surface area contributed by atoms with E-state index < -0.39 is 27.8 Å². The molecule has 1 saturated heterocycles. The Labute approximate surface area is 222 Å². The van der Waals surface area contributed by atoms with Crippen molar-refractivity contribution in [3.63, 3.8) is 0 Å². The summed E-state index contributed by atoms with van der Waals surface area (Å²) < 4.78 is 31.6. The van der Waals surface area contributed by atoms with Gasteiger partial charge in [0.25, 0.3) is 11.7 Å². The Morgan fingerprint density at radius 2 is 1.74 bits per heavy atom. The van der Waals surface area contributed by atoms with Crippen molar-refractivity contribution in [1.82, 2.24) is 14.2 Å². The molecule has 10 heteroatoms. The van der Waals surface area contributed by atoms with E-state index in [1.807, 2.05) is 6.92 Å². The number of aromatic nitrogens is 1. The number of likely N-dealkylation sites (tertiary alicyclic amines) is 1. The van der Waals surface area contributed by atoms with Gasteiger partial charge in [-0.15, -0.1) is 0 Å². The zero-order chi connectivity index (χ0) is 27.4. The molecule has 198 valence electrons. The number of rotatable bonds is 9. The number of carbonyl (C=O) groups is 2. The lowest BCUT2D eigenvalue weighted by Gasteiger charge is -2.25. The van der Waals surface area contributed by atoms with Gasteiger partial charge in [-0.3, -0.25) is 14.6 Å². The van der Waals surface area contributed by atoms with Crippen LogP contribution in [-0.2, 0) is 26.2 Å². The fourth-order valence-electron chi connectivity index (χ4n) is 4.20. The topological polar surface area (TPSA) is 117 Å². The van der Waals surface area contributed by atoms with Crippen molar-refractivity contribution in [2.75, 3.05) is 20.7 Å². The van der Waals surface area contributed by atoms with Crippen LogP contribution in [-0.4, -0.2) is 60.1 Å². The highest BCUT2D eigenvalue weighted by molar-refractivity contribution is 7.89. The summed E-state index contributed by atoms with van der Waals surface area (Å²) in [5.41, 5.74) is 1.48. The molecule has 9 nitrogen and oxygen atoms in total. The quantitative estimate of drug-likeness (QED) is 0.252. The molecule has 0 aliphatic carbocycles. The van der Waals surface area contributed by atoms with E-state index in [-0.39, 0.29) is 28.3 Å². The Morgan fingerprint density at radius 1 is 1.05 bits per heavy atom. The molecule has 1 atom stereocenters. The molecular weight excluding hydrogens is 506 g/mol. The van der Waals surface area contributed by atoms with Gasteiger partial charge in [-0.1, -0.05) is 25.1 Å². The van der Waals surface area contributed by atoms with Crippen LogP contribution < -0.4 is 4.74 Å². The van der Waals surface area contributed by atoms with E-state index in [1.54, 1.807) is 48.8 Å². The maximum absolute atomic E-state index is 13.3. The molecule has 0 bridgehead atoms. The van der Waals surface area contributed by atoms with Crippen LogP contribution in [0.3, 0.4) is 0 Å². The van der Waals surface area contributed by atoms with Crippen molar-refractivity contribution in [2.45, 2.75) is 30.8 Å². The first-order valence-corrected chi connectivity index (χ1v) is 13.5. The lowest BCUT2D eigenvalue weighted by Crippen LogP contribution is -2.29. The van der Waals surface area contributed by atoms with Crippen molar-refractivity contribution in [3.05, 3.63) is 95.3 Å². The molecule has 0 radical (unpaired) electrons. The molecule has 1 aliphatic heterocycles. The predicted molar refractivity (Wildman–Crippen MR) is 142 cm³/mol. The number of hydrogen-bond donors (Lipinski definition) is 1. The molecule has 2 heterocycles. The normalized spacial score (nSPS) is 17.3. The molecule has 3 aromatic rings. The Balaban J connectivity index is 1.79. The Kier molecular flexibility index (Phi) is 7.94.